The molecule has 1 aromatic carbocycles. The summed E-state index contributed by atoms with van der Waals surface area (Å²) in [7, 11) is 0. The highest BCUT2D eigenvalue weighted by Crippen LogP contribution is 2.26. The molecule has 27 heavy (non-hydrogen) atoms. The van der Waals surface area contributed by atoms with Gasteiger partial charge in [-0.2, -0.15) is 0 Å². The number of carbonyl (C=O) groups excluding carboxylic acids is 2. The molecule has 7 heteroatoms. The van der Waals surface area contributed by atoms with E-state index in [0.29, 0.717) is 54.8 Å². The number of carbonyl (C=O) groups is 2. The number of hydrogen-bond acceptors (Lipinski definition) is 5. The Morgan fingerprint density at radius 2 is 2.00 bits per heavy atom. The van der Waals surface area contributed by atoms with E-state index in [1.54, 1.807) is 17.9 Å². The fourth-order valence-corrected chi connectivity index (χ4v) is 4.07. The summed E-state index contributed by atoms with van der Waals surface area (Å²) in [6.45, 7) is 3.71. The van der Waals surface area contributed by atoms with E-state index in [1.807, 2.05) is 29.6 Å². The van der Waals surface area contributed by atoms with Crippen molar-refractivity contribution in [3.05, 3.63) is 51.2 Å². The molecule has 5 nitrogen and oxygen atoms in total. The minimum absolute atomic E-state index is 0.00584. The van der Waals surface area contributed by atoms with Crippen LogP contribution in [0.2, 0.25) is 5.02 Å². The van der Waals surface area contributed by atoms with Gasteiger partial charge in [-0.05, 0) is 43.3 Å². The summed E-state index contributed by atoms with van der Waals surface area (Å²) in [6.07, 6.45) is 1.30. The van der Waals surface area contributed by atoms with E-state index in [9.17, 15) is 9.59 Å². The Bertz CT molecular complexity index is 799. The lowest BCUT2D eigenvalue weighted by molar-refractivity contribution is -0.149. The molecule has 0 spiro atoms. The molecule has 0 radical (unpaired) electrons. The van der Waals surface area contributed by atoms with Gasteiger partial charge in [0.15, 0.2) is 0 Å². The standard InChI is InChI=1S/C20H22ClNO4S/c1-2-25-20(24)15-7-9-22(10-8-15)19(23)18-11-14(13-27-18)12-26-17-6-4-3-5-16(17)21/h3-6,11,13,15H,2,7-10,12H2,1H3. The van der Waals surface area contributed by atoms with E-state index in [4.69, 9.17) is 21.1 Å². The smallest absolute Gasteiger partial charge is 0.309 e. The number of thiophene rings is 1. The molecule has 1 aliphatic heterocycles. The Kier molecular flexibility index (Phi) is 6.74. The number of hydrogen-bond donors (Lipinski definition) is 0. The van der Waals surface area contributed by atoms with Gasteiger partial charge in [0.2, 0.25) is 0 Å². The van der Waals surface area contributed by atoms with Crippen LogP contribution < -0.4 is 4.74 Å². The maximum atomic E-state index is 12.7. The van der Waals surface area contributed by atoms with Crippen LogP contribution in [0.3, 0.4) is 0 Å². The van der Waals surface area contributed by atoms with E-state index in [1.165, 1.54) is 11.3 Å². The van der Waals surface area contributed by atoms with Crippen LogP contribution in [-0.2, 0) is 16.1 Å². The zero-order chi connectivity index (χ0) is 19.2. The summed E-state index contributed by atoms with van der Waals surface area (Å²) in [6, 6.07) is 9.17. The van der Waals surface area contributed by atoms with Gasteiger partial charge in [0.05, 0.1) is 22.4 Å². The molecule has 1 saturated heterocycles. The Hall–Kier alpha value is -2.05. The zero-order valence-corrected chi connectivity index (χ0v) is 16.7. The number of rotatable bonds is 6. The van der Waals surface area contributed by atoms with Crippen LogP contribution >= 0.6 is 22.9 Å². The number of para-hydroxylation sites is 1. The number of likely N-dealkylation sites (tertiary alicyclic amines) is 1. The summed E-state index contributed by atoms with van der Waals surface area (Å²) in [4.78, 5) is 27.0. The molecular weight excluding hydrogens is 386 g/mol. The molecule has 3 rings (SSSR count). The van der Waals surface area contributed by atoms with Gasteiger partial charge in [-0.25, -0.2) is 0 Å². The summed E-state index contributed by atoms with van der Waals surface area (Å²) >= 11 is 7.50. The second kappa shape index (κ2) is 9.24. The molecule has 1 aromatic heterocycles. The summed E-state index contributed by atoms with van der Waals surface area (Å²) in [5.41, 5.74) is 0.935. The topological polar surface area (TPSA) is 55.8 Å². The van der Waals surface area contributed by atoms with Gasteiger partial charge in [0.1, 0.15) is 12.4 Å². The van der Waals surface area contributed by atoms with Crippen molar-refractivity contribution in [1.29, 1.82) is 0 Å². The zero-order valence-electron chi connectivity index (χ0n) is 15.2. The first-order chi connectivity index (χ1) is 13.1. The molecule has 0 saturated carbocycles. The van der Waals surface area contributed by atoms with Gasteiger partial charge in [-0.15, -0.1) is 11.3 Å². The lowest BCUT2D eigenvalue weighted by Gasteiger charge is -2.30. The van der Waals surface area contributed by atoms with E-state index in [2.05, 4.69) is 0 Å². The van der Waals surface area contributed by atoms with Crippen molar-refractivity contribution in [1.82, 2.24) is 4.90 Å². The van der Waals surface area contributed by atoms with Gasteiger partial charge in [-0.3, -0.25) is 9.59 Å². The second-order valence-corrected chi connectivity index (χ2v) is 7.68. The van der Waals surface area contributed by atoms with E-state index in [0.717, 1.165) is 5.56 Å². The third-order valence-corrected chi connectivity index (χ3v) is 5.78. The number of halogens is 1. The molecule has 2 heterocycles. The minimum atomic E-state index is -0.153. The maximum Gasteiger partial charge on any atom is 0.309 e. The lowest BCUT2D eigenvalue weighted by atomic mass is 9.97. The van der Waals surface area contributed by atoms with Crippen molar-refractivity contribution in [2.24, 2.45) is 5.92 Å². The molecule has 0 unspecified atom stereocenters. The molecule has 0 N–H and O–H groups in total. The third-order valence-electron chi connectivity index (χ3n) is 4.50. The Morgan fingerprint density at radius 1 is 1.26 bits per heavy atom. The van der Waals surface area contributed by atoms with Crippen LogP contribution in [0, 0.1) is 5.92 Å². The van der Waals surface area contributed by atoms with Crippen molar-refractivity contribution >= 4 is 34.8 Å². The van der Waals surface area contributed by atoms with Gasteiger partial charge in [0.25, 0.3) is 5.91 Å². The molecular formula is C20H22ClNO4S. The highest BCUT2D eigenvalue weighted by molar-refractivity contribution is 7.12. The van der Waals surface area contributed by atoms with E-state index >= 15 is 0 Å². The van der Waals surface area contributed by atoms with Crippen LogP contribution in [0.4, 0.5) is 0 Å². The van der Waals surface area contributed by atoms with Crippen LogP contribution in [-0.4, -0.2) is 36.5 Å². The van der Waals surface area contributed by atoms with Crippen molar-refractivity contribution in [2.45, 2.75) is 26.4 Å². The summed E-state index contributed by atoms with van der Waals surface area (Å²) in [5, 5.41) is 2.49. The number of benzene rings is 1. The SMILES string of the molecule is CCOC(=O)C1CCN(C(=O)c2cc(COc3ccccc3Cl)cs2)CC1. The maximum absolute atomic E-state index is 12.7. The average molecular weight is 408 g/mol. The number of amides is 1. The number of esters is 1. The Morgan fingerprint density at radius 3 is 2.70 bits per heavy atom. The van der Waals surface area contributed by atoms with Crippen molar-refractivity contribution in [3.8, 4) is 5.75 Å². The monoisotopic (exact) mass is 407 g/mol. The molecule has 1 fully saturated rings. The average Bonchev–Trinajstić information content (AvgIpc) is 3.16. The van der Waals surface area contributed by atoms with Gasteiger partial charge in [-0.1, -0.05) is 23.7 Å². The van der Waals surface area contributed by atoms with Crippen molar-refractivity contribution < 1.29 is 19.1 Å². The van der Waals surface area contributed by atoms with Crippen LogP contribution in [0.25, 0.3) is 0 Å². The molecule has 1 aliphatic rings. The summed E-state index contributed by atoms with van der Waals surface area (Å²) in [5.74, 6) is 0.377. The first-order valence-corrected chi connectivity index (χ1v) is 10.2. The third kappa shape index (κ3) is 5.02. The predicted octanol–water partition coefficient (Wildman–Crippen LogP) is 4.40. The van der Waals surface area contributed by atoms with Gasteiger partial charge in [0, 0.05) is 18.7 Å². The predicted molar refractivity (Wildman–Crippen MR) is 105 cm³/mol. The Balaban J connectivity index is 1.53. The van der Waals surface area contributed by atoms with E-state index < -0.39 is 0 Å². The Labute approximate surface area is 167 Å². The van der Waals surface area contributed by atoms with Gasteiger partial charge >= 0.3 is 5.97 Å². The number of piperidine rings is 1. The largest absolute Gasteiger partial charge is 0.487 e. The molecule has 2 aromatic rings. The lowest BCUT2D eigenvalue weighted by Crippen LogP contribution is -2.40. The minimum Gasteiger partial charge on any atom is -0.487 e. The van der Waals surface area contributed by atoms with Crippen molar-refractivity contribution in [3.63, 3.8) is 0 Å². The number of ether oxygens (including phenoxy) is 2. The molecule has 1 amide bonds. The molecule has 0 bridgehead atoms. The van der Waals surface area contributed by atoms with E-state index in [-0.39, 0.29) is 17.8 Å². The fourth-order valence-electron chi connectivity index (χ4n) is 3.02. The molecule has 0 aliphatic carbocycles. The fraction of sp³-hybridized carbons (Fsp3) is 0.400. The quantitative estimate of drug-likeness (QED) is 0.666. The first kappa shape index (κ1) is 19.7. The highest BCUT2D eigenvalue weighted by Gasteiger charge is 2.29. The number of nitrogens with zero attached hydrogens (tertiary/aromatic N) is 1. The van der Waals surface area contributed by atoms with Crippen molar-refractivity contribution in [2.75, 3.05) is 19.7 Å². The normalized spacial score (nSPS) is 14.8. The van der Waals surface area contributed by atoms with Crippen LogP contribution in [0.1, 0.15) is 35.0 Å². The first-order valence-electron chi connectivity index (χ1n) is 8.99. The summed E-state index contributed by atoms with van der Waals surface area (Å²) < 4.78 is 10.8. The van der Waals surface area contributed by atoms with Crippen LogP contribution in [0.15, 0.2) is 35.7 Å². The molecule has 0 atom stereocenters. The highest BCUT2D eigenvalue weighted by atomic mass is 35.5. The van der Waals surface area contributed by atoms with Crippen LogP contribution in [0.5, 0.6) is 5.75 Å². The van der Waals surface area contributed by atoms with Gasteiger partial charge < -0.3 is 14.4 Å². The molecule has 144 valence electrons. The second-order valence-electron chi connectivity index (χ2n) is 6.36.